The Morgan fingerprint density at radius 3 is 2.94 bits per heavy atom. The first-order chi connectivity index (χ1) is 8.55. The average molecular weight is 273 g/mol. The third-order valence-corrected chi connectivity index (χ3v) is 2.43. The summed E-state index contributed by atoms with van der Waals surface area (Å²) in [5, 5.41) is 2.74. The lowest BCUT2D eigenvalue weighted by Gasteiger charge is -2.10. The predicted octanol–water partition coefficient (Wildman–Crippen LogP) is 1.59. The SMILES string of the molecule is CCCC(N)CC(=O)Nc1nc(Cl)cc(OC)n1. The summed E-state index contributed by atoms with van der Waals surface area (Å²) in [6.07, 6.45) is 1.97. The van der Waals surface area contributed by atoms with Crippen molar-refractivity contribution in [1.29, 1.82) is 0 Å². The Bertz CT molecular complexity index is 414. The Kier molecular flexibility index (Phi) is 5.80. The molecule has 0 spiro atoms. The molecular formula is C11H17ClN4O2. The molecule has 1 amide bonds. The number of carbonyl (C=O) groups is 1. The van der Waals surface area contributed by atoms with E-state index in [1.54, 1.807) is 0 Å². The van der Waals surface area contributed by atoms with Crippen molar-refractivity contribution in [3.63, 3.8) is 0 Å². The Hall–Kier alpha value is -1.40. The minimum Gasteiger partial charge on any atom is -0.481 e. The fraction of sp³-hybridized carbons (Fsp3) is 0.545. The molecule has 1 unspecified atom stereocenters. The Morgan fingerprint density at radius 2 is 2.33 bits per heavy atom. The maximum absolute atomic E-state index is 11.7. The highest BCUT2D eigenvalue weighted by atomic mass is 35.5. The number of nitrogens with one attached hydrogen (secondary N) is 1. The number of hydrogen-bond acceptors (Lipinski definition) is 5. The molecule has 0 radical (unpaired) electrons. The van der Waals surface area contributed by atoms with E-state index < -0.39 is 0 Å². The second-order valence-electron chi connectivity index (χ2n) is 3.86. The molecule has 1 heterocycles. The van der Waals surface area contributed by atoms with Crippen LogP contribution in [0.2, 0.25) is 5.15 Å². The molecule has 0 aliphatic carbocycles. The Balaban J connectivity index is 2.61. The third kappa shape index (κ3) is 4.85. The van der Waals surface area contributed by atoms with Gasteiger partial charge < -0.3 is 10.5 Å². The smallest absolute Gasteiger partial charge is 0.234 e. The van der Waals surface area contributed by atoms with Crippen molar-refractivity contribution in [3.05, 3.63) is 11.2 Å². The van der Waals surface area contributed by atoms with Crippen LogP contribution < -0.4 is 15.8 Å². The highest BCUT2D eigenvalue weighted by Gasteiger charge is 2.11. The van der Waals surface area contributed by atoms with Crippen molar-refractivity contribution in [3.8, 4) is 5.88 Å². The number of amides is 1. The second-order valence-corrected chi connectivity index (χ2v) is 4.24. The van der Waals surface area contributed by atoms with Crippen molar-refractivity contribution < 1.29 is 9.53 Å². The summed E-state index contributed by atoms with van der Waals surface area (Å²) in [6.45, 7) is 2.02. The van der Waals surface area contributed by atoms with Crippen molar-refractivity contribution in [2.75, 3.05) is 12.4 Å². The van der Waals surface area contributed by atoms with E-state index in [4.69, 9.17) is 22.1 Å². The topological polar surface area (TPSA) is 90.1 Å². The molecule has 0 aromatic carbocycles. The third-order valence-electron chi connectivity index (χ3n) is 2.24. The van der Waals surface area contributed by atoms with Gasteiger partial charge >= 0.3 is 0 Å². The van der Waals surface area contributed by atoms with Crippen molar-refractivity contribution in [2.24, 2.45) is 5.73 Å². The zero-order valence-corrected chi connectivity index (χ0v) is 11.2. The number of nitrogens with zero attached hydrogens (tertiary/aromatic N) is 2. The van der Waals surface area contributed by atoms with Gasteiger partial charge in [0.15, 0.2) is 0 Å². The Morgan fingerprint density at radius 1 is 1.61 bits per heavy atom. The number of aromatic nitrogens is 2. The molecule has 1 aromatic rings. The van der Waals surface area contributed by atoms with E-state index in [1.807, 2.05) is 6.92 Å². The minimum atomic E-state index is -0.236. The summed E-state index contributed by atoms with van der Waals surface area (Å²) in [5.74, 6) is 0.177. The summed E-state index contributed by atoms with van der Waals surface area (Å²) in [6, 6.07) is 1.30. The molecule has 1 rings (SSSR count). The lowest BCUT2D eigenvalue weighted by atomic mass is 10.1. The molecule has 6 nitrogen and oxygen atoms in total. The molecule has 18 heavy (non-hydrogen) atoms. The van der Waals surface area contributed by atoms with Gasteiger partial charge in [-0.25, -0.2) is 4.98 Å². The van der Waals surface area contributed by atoms with E-state index in [0.717, 1.165) is 12.8 Å². The van der Waals surface area contributed by atoms with Crippen LogP contribution in [0, 0.1) is 0 Å². The van der Waals surface area contributed by atoms with Crippen LogP contribution in [0.4, 0.5) is 5.95 Å². The maximum atomic E-state index is 11.7. The standard InChI is InChI=1S/C11H17ClN4O2/c1-3-4-7(13)5-9(17)15-11-14-8(12)6-10(16-11)18-2/h6-7H,3-5,13H2,1-2H3,(H,14,15,16,17). The van der Waals surface area contributed by atoms with Crippen LogP contribution >= 0.6 is 11.6 Å². The van der Waals surface area contributed by atoms with Crippen LogP contribution in [0.15, 0.2) is 6.07 Å². The summed E-state index contributed by atoms with van der Waals surface area (Å²) in [5.41, 5.74) is 5.77. The fourth-order valence-corrected chi connectivity index (χ4v) is 1.62. The van der Waals surface area contributed by atoms with Gasteiger partial charge in [-0.3, -0.25) is 10.1 Å². The summed E-state index contributed by atoms with van der Waals surface area (Å²) < 4.78 is 4.93. The van der Waals surface area contributed by atoms with Crippen LogP contribution in [-0.2, 0) is 4.79 Å². The molecule has 1 aromatic heterocycles. The molecule has 0 fully saturated rings. The van der Waals surface area contributed by atoms with E-state index in [2.05, 4.69) is 15.3 Å². The van der Waals surface area contributed by atoms with E-state index in [-0.39, 0.29) is 29.5 Å². The number of hydrogen-bond donors (Lipinski definition) is 2. The van der Waals surface area contributed by atoms with E-state index in [9.17, 15) is 4.79 Å². The first kappa shape index (κ1) is 14.7. The molecule has 100 valence electrons. The Labute approximate surface area is 111 Å². The number of carbonyl (C=O) groups excluding carboxylic acids is 1. The largest absolute Gasteiger partial charge is 0.481 e. The molecule has 3 N–H and O–H groups in total. The maximum Gasteiger partial charge on any atom is 0.234 e. The minimum absolute atomic E-state index is 0.119. The van der Waals surface area contributed by atoms with Gasteiger partial charge in [0.05, 0.1) is 7.11 Å². The molecule has 1 atom stereocenters. The fourth-order valence-electron chi connectivity index (χ4n) is 1.44. The van der Waals surface area contributed by atoms with Gasteiger partial charge in [0.1, 0.15) is 5.15 Å². The second kappa shape index (κ2) is 7.13. The number of methoxy groups -OCH3 is 1. The zero-order valence-electron chi connectivity index (χ0n) is 10.4. The van der Waals surface area contributed by atoms with Gasteiger partial charge in [0.25, 0.3) is 0 Å². The molecule has 0 saturated heterocycles. The number of anilines is 1. The van der Waals surface area contributed by atoms with Gasteiger partial charge in [0, 0.05) is 18.5 Å². The lowest BCUT2D eigenvalue weighted by molar-refractivity contribution is -0.116. The van der Waals surface area contributed by atoms with Crippen molar-refractivity contribution in [2.45, 2.75) is 32.2 Å². The molecule has 0 saturated carbocycles. The van der Waals surface area contributed by atoms with Gasteiger partial charge in [-0.1, -0.05) is 24.9 Å². The number of nitrogens with two attached hydrogens (primary N) is 1. The van der Waals surface area contributed by atoms with Crippen LogP contribution in [0.5, 0.6) is 5.88 Å². The summed E-state index contributed by atoms with van der Waals surface area (Å²) in [4.78, 5) is 19.5. The highest BCUT2D eigenvalue weighted by molar-refractivity contribution is 6.29. The van der Waals surface area contributed by atoms with Gasteiger partial charge in [-0.15, -0.1) is 0 Å². The number of rotatable bonds is 6. The predicted molar refractivity (Wildman–Crippen MR) is 69.7 cm³/mol. The van der Waals surface area contributed by atoms with Crippen molar-refractivity contribution in [1.82, 2.24) is 9.97 Å². The van der Waals surface area contributed by atoms with E-state index in [1.165, 1.54) is 13.2 Å². The van der Waals surface area contributed by atoms with E-state index >= 15 is 0 Å². The zero-order chi connectivity index (χ0) is 13.5. The highest BCUT2D eigenvalue weighted by Crippen LogP contribution is 2.15. The molecule has 0 bridgehead atoms. The summed E-state index contributed by atoms with van der Waals surface area (Å²) >= 11 is 5.76. The van der Waals surface area contributed by atoms with Crippen LogP contribution in [0.3, 0.4) is 0 Å². The molecule has 0 aliphatic heterocycles. The number of ether oxygens (including phenoxy) is 1. The van der Waals surface area contributed by atoms with E-state index in [0.29, 0.717) is 5.88 Å². The van der Waals surface area contributed by atoms with Crippen molar-refractivity contribution >= 4 is 23.5 Å². The van der Waals surface area contributed by atoms with Crippen LogP contribution in [-0.4, -0.2) is 29.0 Å². The molecular weight excluding hydrogens is 256 g/mol. The molecule has 0 aliphatic rings. The number of halogens is 1. The van der Waals surface area contributed by atoms with Gasteiger partial charge in [-0.05, 0) is 6.42 Å². The first-order valence-electron chi connectivity index (χ1n) is 5.69. The van der Waals surface area contributed by atoms with Gasteiger partial charge in [0.2, 0.25) is 17.7 Å². The normalized spacial score (nSPS) is 12.0. The quantitative estimate of drug-likeness (QED) is 0.768. The van der Waals surface area contributed by atoms with Crippen LogP contribution in [0.1, 0.15) is 26.2 Å². The van der Waals surface area contributed by atoms with Gasteiger partial charge in [-0.2, -0.15) is 4.98 Å². The monoisotopic (exact) mass is 272 g/mol. The van der Waals surface area contributed by atoms with Crippen LogP contribution in [0.25, 0.3) is 0 Å². The average Bonchev–Trinajstić information content (AvgIpc) is 2.27. The first-order valence-corrected chi connectivity index (χ1v) is 6.07. The lowest BCUT2D eigenvalue weighted by Crippen LogP contribution is -2.27. The molecule has 7 heteroatoms. The summed E-state index contributed by atoms with van der Waals surface area (Å²) in [7, 11) is 1.46.